The van der Waals surface area contributed by atoms with Crippen molar-refractivity contribution in [1.82, 2.24) is 0 Å². The zero-order valence-electron chi connectivity index (χ0n) is 8.65. The van der Waals surface area contributed by atoms with Crippen LogP contribution >= 0.6 is 0 Å². The molecule has 0 atom stereocenters. The predicted molar refractivity (Wildman–Crippen MR) is 53.9 cm³/mol. The summed E-state index contributed by atoms with van der Waals surface area (Å²) in [6.45, 7) is -1.69. The minimum absolute atomic E-state index is 0.147. The van der Waals surface area contributed by atoms with Crippen LogP contribution in [0.5, 0.6) is 5.75 Å². The van der Waals surface area contributed by atoms with Gasteiger partial charge in [-0.15, -0.1) is 0 Å². The number of benzene rings is 1. The molecule has 1 aromatic rings. The van der Waals surface area contributed by atoms with Gasteiger partial charge in [-0.25, -0.2) is 13.6 Å². The number of sulfonamides is 1. The molecule has 8 heteroatoms. The molecular weight excluding hydrogens is 254 g/mol. The van der Waals surface area contributed by atoms with Crippen LogP contribution in [0.2, 0.25) is 0 Å². The van der Waals surface area contributed by atoms with Crippen molar-refractivity contribution in [2.75, 3.05) is 0 Å². The first kappa shape index (κ1) is 13.3. The lowest BCUT2D eigenvalue weighted by molar-refractivity contribution is -0.0503. The largest absolute Gasteiger partial charge is 0.435 e. The third kappa shape index (κ3) is 3.12. The highest BCUT2D eigenvalue weighted by Gasteiger charge is 2.18. The topological polar surface area (TPSA) is 93.2 Å². The van der Waals surface area contributed by atoms with Crippen LogP contribution in [0.15, 0.2) is 17.0 Å². The van der Waals surface area contributed by atoms with E-state index in [9.17, 15) is 17.2 Å². The Kier molecular flexibility index (Phi) is 3.65. The summed E-state index contributed by atoms with van der Waals surface area (Å²) in [5.41, 5.74) is -0.193. The minimum Gasteiger partial charge on any atom is -0.435 e. The van der Waals surface area contributed by atoms with Gasteiger partial charge in [-0.3, -0.25) is 0 Å². The molecular formula is C9H8F2N2O3S. The highest BCUT2D eigenvalue weighted by Crippen LogP contribution is 2.26. The number of hydrogen-bond donors (Lipinski definition) is 1. The molecule has 0 heterocycles. The second kappa shape index (κ2) is 4.65. The number of aryl methyl sites for hydroxylation is 1. The first-order chi connectivity index (χ1) is 7.75. The minimum atomic E-state index is -4.08. The van der Waals surface area contributed by atoms with E-state index >= 15 is 0 Å². The monoisotopic (exact) mass is 262 g/mol. The molecule has 0 saturated heterocycles. The van der Waals surface area contributed by atoms with Gasteiger partial charge in [0.05, 0.1) is 5.56 Å². The molecule has 1 rings (SSSR count). The highest BCUT2D eigenvalue weighted by atomic mass is 32.2. The lowest BCUT2D eigenvalue weighted by Crippen LogP contribution is -2.14. The molecule has 0 radical (unpaired) electrons. The first-order valence-electron chi connectivity index (χ1n) is 4.28. The third-order valence-corrected chi connectivity index (χ3v) is 2.87. The van der Waals surface area contributed by atoms with E-state index in [4.69, 9.17) is 10.4 Å². The number of rotatable bonds is 3. The van der Waals surface area contributed by atoms with E-state index in [1.165, 1.54) is 6.92 Å². The van der Waals surface area contributed by atoms with Gasteiger partial charge in [0.15, 0.2) is 0 Å². The average molecular weight is 262 g/mol. The van der Waals surface area contributed by atoms with Crippen LogP contribution in [0, 0.1) is 18.3 Å². The van der Waals surface area contributed by atoms with Crippen LogP contribution in [0.3, 0.4) is 0 Å². The standard InChI is InChI=1S/C9H8F2N2O3S/c1-5-2-8(17(13,14)15)6(4-12)3-7(5)16-9(10)11/h2-3,9H,1H3,(H2,13,14,15). The van der Waals surface area contributed by atoms with Crippen LogP contribution in [0.25, 0.3) is 0 Å². The van der Waals surface area contributed by atoms with E-state index < -0.39 is 21.5 Å². The van der Waals surface area contributed by atoms with Crippen LogP contribution in [0.4, 0.5) is 8.78 Å². The molecule has 0 aliphatic heterocycles. The van der Waals surface area contributed by atoms with Gasteiger partial charge in [0.2, 0.25) is 10.0 Å². The fourth-order valence-corrected chi connectivity index (χ4v) is 1.96. The maximum atomic E-state index is 12.0. The highest BCUT2D eigenvalue weighted by molar-refractivity contribution is 7.89. The Morgan fingerprint density at radius 3 is 2.47 bits per heavy atom. The summed E-state index contributed by atoms with van der Waals surface area (Å²) in [7, 11) is -4.08. The first-order valence-corrected chi connectivity index (χ1v) is 5.82. The second-order valence-corrected chi connectivity index (χ2v) is 4.68. The molecule has 17 heavy (non-hydrogen) atoms. The van der Waals surface area contributed by atoms with E-state index in [1.807, 2.05) is 0 Å². The van der Waals surface area contributed by atoms with Crippen molar-refractivity contribution in [2.45, 2.75) is 18.4 Å². The van der Waals surface area contributed by atoms with Crippen molar-refractivity contribution >= 4 is 10.0 Å². The molecule has 0 bridgehead atoms. The van der Waals surface area contributed by atoms with Crippen LogP contribution in [0.1, 0.15) is 11.1 Å². The number of nitrogens with zero attached hydrogens (tertiary/aromatic N) is 1. The molecule has 0 aliphatic carbocycles. The van der Waals surface area contributed by atoms with Gasteiger partial charge < -0.3 is 4.74 Å². The summed E-state index contributed by atoms with van der Waals surface area (Å²) in [5.74, 6) is -0.260. The zero-order chi connectivity index (χ0) is 13.2. The van der Waals surface area contributed by atoms with E-state index in [2.05, 4.69) is 4.74 Å². The molecule has 92 valence electrons. The van der Waals surface area contributed by atoms with Gasteiger partial charge in [-0.2, -0.15) is 14.0 Å². The number of nitriles is 1. The Hall–Kier alpha value is -1.72. The average Bonchev–Trinajstić information content (AvgIpc) is 2.18. The summed E-state index contributed by atoms with van der Waals surface area (Å²) >= 11 is 0. The number of ether oxygens (including phenoxy) is 1. The number of hydrogen-bond acceptors (Lipinski definition) is 4. The van der Waals surface area contributed by atoms with Gasteiger partial charge in [0.25, 0.3) is 0 Å². The van der Waals surface area contributed by atoms with Crippen LogP contribution in [-0.2, 0) is 10.0 Å². The smallest absolute Gasteiger partial charge is 0.387 e. The van der Waals surface area contributed by atoms with Gasteiger partial charge in [-0.05, 0) is 24.6 Å². The lowest BCUT2D eigenvalue weighted by atomic mass is 10.1. The van der Waals surface area contributed by atoms with E-state index in [1.54, 1.807) is 6.07 Å². The van der Waals surface area contributed by atoms with Crippen LogP contribution < -0.4 is 9.88 Å². The molecule has 0 aliphatic rings. The van der Waals surface area contributed by atoms with Crippen molar-refractivity contribution in [2.24, 2.45) is 5.14 Å². The fraction of sp³-hybridized carbons (Fsp3) is 0.222. The maximum absolute atomic E-state index is 12.0. The fourth-order valence-electron chi connectivity index (χ4n) is 1.21. The Balaban J connectivity index is 3.42. The summed E-state index contributed by atoms with van der Waals surface area (Å²) < 4.78 is 50.5. The molecule has 2 N–H and O–H groups in total. The number of nitrogens with two attached hydrogens (primary N) is 1. The van der Waals surface area contributed by atoms with Crippen molar-refractivity contribution in [3.63, 3.8) is 0 Å². The normalized spacial score (nSPS) is 11.3. The molecule has 0 saturated carbocycles. The van der Waals surface area contributed by atoms with E-state index in [0.717, 1.165) is 12.1 Å². The van der Waals surface area contributed by atoms with Gasteiger partial charge >= 0.3 is 6.61 Å². The molecule has 5 nitrogen and oxygen atoms in total. The Morgan fingerprint density at radius 2 is 2.06 bits per heavy atom. The summed E-state index contributed by atoms with van der Waals surface area (Å²) in [4.78, 5) is -0.417. The maximum Gasteiger partial charge on any atom is 0.387 e. The molecule has 1 aromatic carbocycles. The number of halogens is 2. The Morgan fingerprint density at radius 1 is 1.47 bits per heavy atom. The molecule has 0 spiro atoms. The zero-order valence-corrected chi connectivity index (χ0v) is 9.46. The van der Waals surface area contributed by atoms with Crippen LogP contribution in [-0.4, -0.2) is 15.0 Å². The lowest BCUT2D eigenvalue weighted by Gasteiger charge is -2.10. The van der Waals surface area contributed by atoms with Crippen molar-refractivity contribution in [1.29, 1.82) is 5.26 Å². The Labute approximate surface area is 96.5 Å². The van der Waals surface area contributed by atoms with Crippen molar-refractivity contribution < 1.29 is 21.9 Å². The Bertz CT molecular complexity index is 579. The predicted octanol–water partition coefficient (Wildman–Crippen LogP) is 1.12. The number of alkyl halides is 2. The molecule has 0 fully saturated rings. The number of primary sulfonamides is 1. The van der Waals surface area contributed by atoms with Crippen molar-refractivity contribution in [3.8, 4) is 11.8 Å². The summed E-state index contributed by atoms with van der Waals surface area (Å²) in [6.07, 6.45) is 0. The molecule has 0 unspecified atom stereocenters. The SMILES string of the molecule is Cc1cc(S(N)(=O)=O)c(C#N)cc1OC(F)F. The van der Waals surface area contributed by atoms with E-state index in [0.29, 0.717) is 0 Å². The quantitative estimate of drug-likeness (QED) is 0.883. The summed E-state index contributed by atoms with van der Waals surface area (Å²) in [6, 6.07) is 3.50. The van der Waals surface area contributed by atoms with Gasteiger partial charge in [0.1, 0.15) is 16.7 Å². The van der Waals surface area contributed by atoms with Crippen molar-refractivity contribution in [3.05, 3.63) is 23.3 Å². The van der Waals surface area contributed by atoms with E-state index in [-0.39, 0.29) is 16.9 Å². The second-order valence-electron chi connectivity index (χ2n) is 3.15. The summed E-state index contributed by atoms with van der Waals surface area (Å²) in [5, 5.41) is 13.6. The molecule has 0 aromatic heterocycles. The van der Waals surface area contributed by atoms with Gasteiger partial charge in [0, 0.05) is 0 Å². The van der Waals surface area contributed by atoms with Gasteiger partial charge in [-0.1, -0.05) is 0 Å². The molecule has 0 amide bonds. The third-order valence-electron chi connectivity index (χ3n) is 1.92.